The molecule has 1 aromatic heterocycles. The summed E-state index contributed by atoms with van der Waals surface area (Å²) in [6.45, 7) is 3.72. The van der Waals surface area contributed by atoms with Crippen molar-refractivity contribution in [3.8, 4) is 0 Å². The van der Waals surface area contributed by atoms with Crippen LogP contribution in [0.4, 0.5) is 10.2 Å². The summed E-state index contributed by atoms with van der Waals surface area (Å²) >= 11 is 6.15. The van der Waals surface area contributed by atoms with Crippen molar-refractivity contribution in [3.63, 3.8) is 0 Å². The van der Waals surface area contributed by atoms with Gasteiger partial charge in [0.2, 0.25) is 5.91 Å². The van der Waals surface area contributed by atoms with Crippen LogP contribution >= 0.6 is 11.6 Å². The predicted octanol–water partition coefficient (Wildman–Crippen LogP) is 2.62. The minimum Gasteiger partial charge on any atom is -0.395 e. The van der Waals surface area contributed by atoms with Gasteiger partial charge in [0.05, 0.1) is 17.2 Å². The summed E-state index contributed by atoms with van der Waals surface area (Å²) in [7, 11) is 0. The number of aliphatic hydroxyl groups excluding tert-OH is 1. The zero-order valence-electron chi connectivity index (χ0n) is 16.9. The molecule has 1 heterocycles. The molecule has 2 rings (SSSR count). The second-order valence-corrected chi connectivity index (χ2v) is 7.34. The standard InChI is InChI=1S/C21H26ClFN4O3/c1-3-16(27-12(2)10-18(29)25-8-9-28)14-5-6-15(22)19(20(14)23)21(30)13-4-7-17(24)26-11-13/h4-7,11-12,16,27-28H,3,8-10H2,1-2H3,(H2,24,26)(H,25,29)/t12-,16-/m1/s1. The van der Waals surface area contributed by atoms with E-state index in [2.05, 4.69) is 15.6 Å². The highest BCUT2D eigenvalue weighted by Crippen LogP contribution is 2.30. The third-order valence-corrected chi connectivity index (χ3v) is 4.91. The molecule has 2 aromatic rings. The number of carbonyl (C=O) groups is 2. The first-order chi connectivity index (χ1) is 14.3. The Hall–Kier alpha value is -2.55. The molecule has 0 bridgehead atoms. The van der Waals surface area contributed by atoms with Crippen molar-refractivity contribution in [1.82, 2.24) is 15.6 Å². The summed E-state index contributed by atoms with van der Waals surface area (Å²) < 4.78 is 15.4. The zero-order valence-corrected chi connectivity index (χ0v) is 17.7. The number of carbonyl (C=O) groups excluding carboxylic acids is 2. The van der Waals surface area contributed by atoms with Crippen molar-refractivity contribution in [2.45, 2.75) is 38.8 Å². The SMILES string of the molecule is CC[C@@H](N[C@H](C)CC(=O)NCCO)c1ccc(Cl)c(C(=O)c2ccc(N)nc2)c1F. The van der Waals surface area contributed by atoms with Gasteiger partial charge in [-0.1, -0.05) is 24.6 Å². The molecule has 0 fully saturated rings. The molecule has 2 atom stereocenters. The molecule has 7 nitrogen and oxygen atoms in total. The van der Waals surface area contributed by atoms with E-state index in [4.69, 9.17) is 22.4 Å². The molecule has 0 saturated heterocycles. The molecule has 0 aliphatic carbocycles. The molecule has 162 valence electrons. The van der Waals surface area contributed by atoms with Crippen molar-refractivity contribution in [2.75, 3.05) is 18.9 Å². The molecule has 0 spiro atoms. The average molecular weight is 437 g/mol. The van der Waals surface area contributed by atoms with Crippen molar-refractivity contribution in [2.24, 2.45) is 0 Å². The van der Waals surface area contributed by atoms with Gasteiger partial charge in [0, 0.05) is 42.4 Å². The number of aliphatic hydroxyl groups is 1. The molecule has 0 aliphatic heterocycles. The van der Waals surface area contributed by atoms with E-state index >= 15 is 4.39 Å². The Morgan fingerprint density at radius 3 is 2.63 bits per heavy atom. The Kier molecular flexibility index (Phi) is 8.71. The first kappa shape index (κ1) is 23.7. The van der Waals surface area contributed by atoms with Crippen LogP contribution in [0.25, 0.3) is 0 Å². The number of nitrogen functional groups attached to an aromatic ring is 1. The summed E-state index contributed by atoms with van der Waals surface area (Å²) in [6.07, 6.45) is 1.97. The topological polar surface area (TPSA) is 117 Å². The highest BCUT2D eigenvalue weighted by molar-refractivity contribution is 6.35. The summed E-state index contributed by atoms with van der Waals surface area (Å²) in [5, 5.41) is 14.6. The number of hydrogen-bond donors (Lipinski definition) is 4. The maximum atomic E-state index is 15.4. The molecule has 0 saturated carbocycles. The normalized spacial score (nSPS) is 13.0. The number of benzene rings is 1. The van der Waals surface area contributed by atoms with Crippen molar-refractivity contribution < 1.29 is 19.1 Å². The fraction of sp³-hybridized carbons (Fsp3) is 0.381. The van der Waals surface area contributed by atoms with Gasteiger partial charge in [-0.3, -0.25) is 9.59 Å². The Labute approximate surface area is 179 Å². The lowest BCUT2D eigenvalue weighted by Gasteiger charge is -2.24. The van der Waals surface area contributed by atoms with Crippen LogP contribution in [0.15, 0.2) is 30.5 Å². The minimum atomic E-state index is -0.708. The molecular weight excluding hydrogens is 411 g/mol. The number of rotatable bonds is 10. The highest BCUT2D eigenvalue weighted by Gasteiger charge is 2.25. The number of ketones is 1. The van der Waals surface area contributed by atoms with Gasteiger partial charge in [0.25, 0.3) is 0 Å². The van der Waals surface area contributed by atoms with E-state index in [1.54, 1.807) is 6.92 Å². The van der Waals surface area contributed by atoms with Crippen LogP contribution in [0.3, 0.4) is 0 Å². The first-order valence-electron chi connectivity index (χ1n) is 9.66. The van der Waals surface area contributed by atoms with E-state index in [0.717, 1.165) is 0 Å². The summed E-state index contributed by atoms with van der Waals surface area (Å²) in [4.78, 5) is 28.5. The Balaban J connectivity index is 2.25. The zero-order chi connectivity index (χ0) is 22.3. The molecule has 1 aromatic carbocycles. The summed E-state index contributed by atoms with van der Waals surface area (Å²) in [5.74, 6) is -1.26. The lowest BCUT2D eigenvalue weighted by atomic mass is 9.96. The number of hydrogen-bond acceptors (Lipinski definition) is 6. The van der Waals surface area contributed by atoms with Crippen LogP contribution < -0.4 is 16.4 Å². The van der Waals surface area contributed by atoms with E-state index in [1.165, 1.54) is 30.5 Å². The molecule has 0 unspecified atom stereocenters. The maximum absolute atomic E-state index is 15.4. The average Bonchev–Trinajstić information content (AvgIpc) is 2.71. The number of amides is 1. The predicted molar refractivity (Wildman–Crippen MR) is 114 cm³/mol. The number of anilines is 1. The summed E-state index contributed by atoms with van der Waals surface area (Å²) in [5.41, 5.74) is 5.78. The fourth-order valence-electron chi connectivity index (χ4n) is 3.11. The number of pyridine rings is 1. The molecular formula is C21H26ClFN4O3. The van der Waals surface area contributed by atoms with Gasteiger partial charge in [-0.2, -0.15) is 0 Å². The summed E-state index contributed by atoms with van der Waals surface area (Å²) in [6, 6.07) is 5.26. The molecule has 5 N–H and O–H groups in total. The van der Waals surface area contributed by atoms with Crippen LogP contribution in [0, 0.1) is 5.82 Å². The van der Waals surface area contributed by atoms with Gasteiger partial charge < -0.3 is 21.5 Å². The van der Waals surface area contributed by atoms with Gasteiger partial charge in [-0.05, 0) is 31.5 Å². The van der Waals surface area contributed by atoms with E-state index in [9.17, 15) is 9.59 Å². The monoisotopic (exact) mass is 436 g/mol. The van der Waals surface area contributed by atoms with Crippen LogP contribution in [0.2, 0.25) is 5.02 Å². The Morgan fingerprint density at radius 2 is 2.03 bits per heavy atom. The second kappa shape index (κ2) is 11.0. The fourth-order valence-corrected chi connectivity index (χ4v) is 3.34. The smallest absolute Gasteiger partial charge is 0.221 e. The van der Waals surface area contributed by atoms with Crippen LogP contribution in [0.1, 0.15) is 54.2 Å². The number of nitrogens with zero attached hydrogens (tertiary/aromatic N) is 1. The van der Waals surface area contributed by atoms with Crippen molar-refractivity contribution in [3.05, 3.63) is 58.0 Å². The number of nitrogens with one attached hydrogen (secondary N) is 2. The van der Waals surface area contributed by atoms with Gasteiger partial charge >= 0.3 is 0 Å². The molecule has 1 amide bonds. The van der Waals surface area contributed by atoms with Crippen LogP contribution in [-0.2, 0) is 4.79 Å². The lowest BCUT2D eigenvalue weighted by molar-refractivity contribution is -0.121. The molecule has 9 heteroatoms. The van der Waals surface area contributed by atoms with Gasteiger partial charge in [-0.25, -0.2) is 9.37 Å². The highest BCUT2D eigenvalue weighted by atomic mass is 35.5. The Bertz CT molecular complexity index is 893. The van der Waals surface area contributed by atoms with E-state index in [1.807, 2.05) is 6.92 Å². The van der Waals surface area contributed by atoms with Gasteiger partial charge in [0.1, 0.15) is 11.6 Å². The van der Waals surface area contributed by atoms with Crippen molar-refractivity contribution >= 4 is 29.1 Å². The van der Waals surface area contributed by atoms with Crippen LogP contribution in [0.5, 0.6) is 0 Å². The van der Waals surface area contributed by atoms with E-state index < -0.39 is 17.6 Å². The largest absolute Gasteiger partial charge is 0.395 e. The Morgan fingerprint density at radius 1 is 1.30 bits per heavy atom. The number of nitrogens with two attached hydrogens (primary N) is 1. The number of halogens is 2. The second-order valence-electron chi connectivity index (χ2n) is 6.93. The third-order valence-electron chi connectivity index (χ3n) is 4.59. The molecule has 0 aliphatic rings. The van der Waals surface area contributed by atoms with Crippen LogP contribution in [-0.4, -0.2) is 41.0 Å². The molecule has 30 heavy (non-hydrogen) atoms. The third kappa shape index (κ3) is 5.98. The van der Waals surface area contributed by atoms with Crippen molar-refractivity contribution in [1.29, 1.82) is 0 Å². The maximum Gasteiger partial charge on any atom is 0.221 e. The molecule has 0 radical (unpaired) electrons. The van der Waals surface area contributed by atoms with E-state index in [0.29, 0.717) is 6.42 Å². The quantitative estimate of drug-likeness (QED) is 0.425. The van der Waals surface area contributed by atoms with Gasteiger partial charge in [-0.15, -0.1) is 0 Å². The minimum absolute atomic E-state index is 0.00403. The van der Waals surface area contributed by atoms with Gasteiger partial charge in [0.15, 0.2) is 5.78 Å². The number of aromatic nitrogens is 1. The first-order valence-corrected chi connectivity index (χ1v) is 10.0. The lowest BCUT2D eigenvalue weighted by Crippen LogP contribution is -2.37. The van der Waals surface area contributed by atoms with E-state index in [-0.39, 0.29) is 59.1 Å².